The van der Waals surface area contributed by atoms with Gasteiger partial charge in [-0.3, -0.25) is 4.90 Å². The van der Waals surface area contributed by atoms with Gasteiger partial charge < -0.3 is 5.32 Å². The molecule has 0 aromatic rings. The summed E-state index contributed by atoms with van der Waals surface area (Å²) in [5, 5.41) is 4.63. The standard InChI is InChI=1S/C16H32N2S/c1-4-9-17-14-8-10-18(13(2)11-14)15-6-5-7-16(12-15)19-3/h13-17H,4-12H2,1-3H3. The predicted octanol–water partition coefficient (Wildman–Crippen LogP) is 3.51. The molecule has 1 heterocycles. The van der Waals surface area contributed by atoms with E-state index in [9.17, 15) is 0 Å². The molecular weight excluding hydrogens is 252 g/mol. The zero-order chi connectivity index (χ0) is 13.7. The Bertz CT molecular complexity index is 259. The minimum atomic E-state index is 0.770. The van der Waals surface area contributed by atoms with Crippen LogP contribution in [0.15, 0.2) is 0 Å². The summed E-state index contributed by atoms with van der Waals surface area (Å²) in [6, 6.07) is 2.41. The van der Waals surface area contributed by atoms with E-state index in [4.69, 9.17) is 0 Å². The van der Waals surface area contributed by atoms with Crippen molar-refractivity contribution >= 4 is 11.8 Å². The van der Waals surface area contributed by atoms with Crippen LogP contribution in [0, 0.1) is 0 Å². The highest BCUT2D eigenvalue weighted by Gasteiger charge is 2.32. The lowest BCUT2D eigenvalue weighted by Crippen LogP contribution is -2.52. The zero-order valence-corrected chi connectivity index (χ0v) is 13.8. The van der Waals surface area contributed by atoms with Crippen LogP contribution in [-0.4, -0.2) is 47.6 Å². The molecule has 1 saturated carbocycles. The van der Waals surface area contributed by atoms with Crippen LogP contribution in [0.4, 0.5) is 0 Å². The fourth-order valence-electron chi connectivity index (χ4n) is 3.90. The molecule has 4 atom stereocenters. The number of hydrogen-bond acceptors (Lipinski definition) is 3. The smallest absolute Gasteiger partial charge is 0.0109 e. The first-order chi connectivity index (χ1) is 9.24. The van der Waals surface area contributed by atoms with Crippen molar-refractivity contribution < 1.29 is 0 Å². The van der Waals surface area contributed by atoms with E-state index in [1.165, 1.54) is 58.0 Å². The third-order valence-electron chi connectivity index (χ3n) is 5.01. The molecule has 2 nitrogen and oxygen atoms in total. The first-order valence-corrected chi connectivity index (χ1v) is 9.55. The number of nitrogens with one attached hydrogen (secondary N) is 1. The van der Waals surface area contributed by atoms with Crippen LogP contribution < -0.4 is 5.32 Å². The largest absolute Gasteiger partial charge is 0.314 e. The topological polar surface area (TPSA) is 15.3 Å². The molecule has 0 radical (unpaired) electrons. The number of piperidine rings is 1. The second kappa shape index (κ2) is 7.90. The highest BCUT2D eigenvalue weighted by Crippen LogP contribution is 2.32. The Hall–Kier alpha value is 0.270. The molecule has 1 aliphatic heterocycles. The Labute approximate surface area is 124 Å². The second-order valence-electron chi connectivity index (χ2n) is 6.44. The molecule has 2 aliphatic rings. The maximum absolute atomic E-state index is 3.71. The molecular formula is C16H32N2S. The maximum Gasteiger partial charge on any atom is 0.0109 e. The third-order valence-corrected chi connectivity index (χ3v) is 6.11. The van der Waals surface area contributed by atoms with Crippen LogP contribution in [0.25, 0.3) is 0 Å². The summed E-state index contributed by atoms with van der Waals surface area (Å²) in [6.07, 6.45) is 12.0. The fraction of sp³-hybridized carbons (Fsp3) is 1.00. The summed E-state index contributed by atoms with van der Waals surface area (Å²) in [4.78, 5) is 2.83. The molecule has 0 bridgehead atoms. The second-order valence-corrected chi connectivity index (χ2v) is 7.58. The summed E-state index contributed by atoms with van der Waals surface area (Å²) in [7, 11) is 0. The number of rotatable bonds is 5. The van der Waals surface area contributed by atoms with Crippen LogP contribution in [0.1, 0.15) is 58.8 Å². The Morgan fingerprint density at radius 3 is 2.74 bits per heavy atom. The van der Waals surface area contributed by atoms with Crippen molar-refractivity contribution in [2.45, 2.75) is 82.2 Å². The van der Waals surface area contributed by atoms with Crippen molar-refractivity contribution in [3.05, 3.63) is 0 Å². The van der Waals surface area contributed by atoms with Gasteiger partial charge in [-0.25, -0.2) is 0 Å². The minimum Gasteiger partial charge on any atom is -0.314 e. The van der Waals surface area contributed by atoms with Crippen LogP contribution >= 0.6 is 11.8 Å². The van der Waals surface area contributed by atoms with E-state index < -0.39 is 0 Å². The van der Waals surface area contributed by atoms with Crippen molar-refractivity contribution in [1.29, 1.82) is 0 Å². The van der Waals surface area contributed by atoms with Gasteiger partial charge in [-0.15, -0.1) is 0 Å². The molecule has 0 aromatic heterocycles. The molecule has 1 aliphatic carbocycles. The summed E-state index contributed by atoms with van der Waals surface area (Å²) < 4.78 is 0. The van der Waals surface area contributed by atoms with Gasteiger partial charge in [0.05, 0.1) is 0 Å². The van der Waals surface area contributed by atoms with Crippen molar-refractivity contribution in [2.75, 3.05) is 19.3 Å². The molecule has 0 amide bonds. The lowest BCUT2D eigenvalue weighted by atomic mass is 9.89. The van der Waals surface area contributed by atoms with Crippen molar-refractivity contribution in [1.82, 2.24) is 10.2 Å². The average Bonchev–Trinajstić information content (AvgIpc) is 2.45. The molecule has 3 heteroatoms. The average molecular weight is 285 g/mol. The number of likely N-dealkylation sites (tertiary alicyclic amines) is 1. The van der Waals surface area contributed by atoms with E-state index in [1.807, 2.05) is 0 Å². The number of nitrogens with zero attached hydrogens (tertiary/aromatic N) is 1. The van der Waals surface area contributed by atoms with E-state index in [-0.39, 0.29) is 0 Å². The first kappa shape index (κ1) is 15.7. The lowest BCUT2D eigenvalue weighted by Gasteiger charge is -2.45. The fourth-order valence-corrected chi connectivity index (χ4v) is 4.72. The SMILES string of the molecule is CCCNC1CCN(C2CCCC(SC)C2)C(C)C1. The third kappa shape index (κ3) is 4.37. The summed E-state index contributed by atoms with van der Waals surface area (Å²) in [6.45, 7) is 7.21. The van der Waals surface area contributed by atoms with Gasteiger partial charge in [-0.05, 0) is 58.2 Å². The Balaban J connectivity index is 1.81. The minimum absolute atomic E-state index is 0.770. The van der Waals surface area contributed by atoms with Gasteiger partial charge in [0.25, 0.3) is 0 Å². The van der Waals surface area contributed by atoms with Crippen LogP contribution in [0.5, 0.6) is 0 Å². The van der Waals surface area contributed by atoms with Gasteiger partial charge in [0, 0.05) is 29.9 Å². The molecule has 1 saturated heterocycles. The van der Waals surface area contributed by atoms with Gasteiger partial charge in [0.1, 0.15) is 0 Å². The molecule has 1 N–H and O–H groups in total. The van der Waals surface area contributed by atoms with Gasteiger partial charge in [0.15, 0.2) is 0 Å². The van der Waals surface area contributed by atoms with Gasteiger partial charge in [-0.1, -0.05) is 13.3 Å². The molecule has 0 spiro atoms. The molecule has 112 valence electrons. The normalized spacial score (nSPS) is 37.4. The van der Waals surface area contributed by atoms with Crippen LogP contribution in [0.2, 0.25) is 0 Å². The Morgan fingerprint density at radius 2 is 2.05 bits per heavy atom. The van der Waals surface area contributed by atoms with E-state index in [0.717, 1.165) is 23.4 Å². The highest BCUT2D eigenvalue weighted by molar-refractivity contribution is 7.99. The number of thioether (sulfide) groups is 1. The van der Waals surface area contributed by atoms with Gasteiger partial charge in [0.2, 0.25) is 0 Å². The lowest BCUT2D eigenvalue weighted by molar-refractivity contribution is 0.0692. The van der Waals surface area contributed by atoms with Gasteiger partial charge in [-0.2, -0.15) is 11.8 Å². The predicted molar refractivity (Wildman–Crippen MR) is 87.0 cm³/mol. The quantitative estimate of drug-likeness (QED) is 0.831. The van der Waals surface area contributed by atoms with E-state index in [2.05, 4.69) is 42.1 Å². The van der Waals surface area contributed by atoms with E-state index >= 15 is 0 Å². The maximum atomic E-state index is 3.71. The summed E-state index contributed by atoms with van der Waals surface area (Å²) in [5.41, 5.74) is 0. The van der Waals surface area contributed by atoms with Gasteiger partial charge >= 0.3 is 0 Å². The summed E-state index contributed by atoms with van der Waals surface area (Å²) >= 11 is 2.09. The van der Waals surface area contributed by atoms with E-state index in [1.54, 1.807) is 0 Å². The molecule has 4 unspecified atom stereocenters. The van der Waals surface area contributed by atoms with Crippen LogP contribution in [0.3, 0.4) is 0 Å². The molecule has 19 heavy (non-hydrogen) atoms. The first-order valence-electron chi connectivity index (χ1n) is 8.26. The summed E-state index contributed by atoms with van der Waals surface area (Å²) in [5.74, 6) is 0. The molecule has 2 rings (SSSR count). The molecule has 2 fully saturated rings. The Kier molecular flexibility index (Phi) is 6.51. The number of hydrogen-bond donors (Lipinski definition) is 1. The van der Waals surface area contributed by atoms with Crippen molar-refractivity contribution in [2.24, 2.45) is 0 Å². The van der Waals surface area contributed by atoms with Crippen molar-refractivity contribution in [3.63, 3.8) is 0 Å². The molecule has 0 aromatic carbocycles. The highest BCUT2D eigenvalue weighted by atomic mass is 32.2. The monoisotopic (exact) mass is 284 g/mol. The zero-order valence-electron chi connectivity index (χ0n) is 13.0. The van der Waals surface area contributed by atoms with Crippen molar-refractivity contribution in [3.8, 4) is 0 Å². The van der Waals surface area contributed by atoms with E-state index in [0.29, 0.717) is 0 Å². The Morgan fingerprint density at radius 1 is 1.21 bits per heavy atom. The van der Waals surface area contributed by atoms with Crippen LogP contribution in [-0.2, 0) is 0 Å².